The Morgan fingerprint density at radius 1 is 0.821 bits per heavy atom. The topological polar surface area (TPSA) is 132 Å². The lowest BCUT2D eigenvalue weighted by Gasteiger charge is -2.27. The summed E-state index contributed by atoms with van der Waals surface area (Å²) in [6.45, 7) is 10.3. The maximum absolute atomic E-state index is 11.5. The van der Waals surface area contributed by atoms with E-state index in [-0.39, 0.29) is 18.8 Å². The molecular weight excluding hydrogens is 492 g/mol. The van der Waals surface area contributed by atoms with Gasteiger partial charge in [-0.25, -0.2) is 4.98 Å². The Kier molecular flexibility index (Phi) is 6.66. The van der Waals surface area contributed by atoms with E-state index in [9.17, 15) is 19.8 Å². The average molecular weight is 527 g/mol. The van der Waals surface area contributed by atoms with Crippen LogP contribution in [0.3, 0.4) is 0 Å². The number of nitrogens with zero attached hydrogens (tertiary/aromatic N) is 2. The summed E-state index contributed by atoms with van der Waals surface area (Å²) in [5, 5.41) is 18.9. The second-order valence-corrected chi connectivity index (χ2v) is 11.2. The molecule has 0 radical (unpaired) electrons. The Morgan fingerprint density at radius 2 is 1.44 bits per heavy atom. The Balaban J connectivity index is 1.85. The molecule has 5 heterocycles. The summed E-state index contributed by atoms with van der Waals surface area (Å²) in [7, 11) is 0. The molecule has 2 aliphatic rings. The molecule has 0 spiro atoms. The minimum absolute atomic E-state index is 0.00664. The van der Waals surface area contributed by atoms with Crippen molar-refractivity contribution in [2.24, 2.45) is 0 Å². The highest BCUT2D eigenvalue weighted by atomic mass is 16.4. The van der Waals surface area contributed by atoms with Crippen LogP contribution in [0.25, 0.3) is 33.2 Å². The minimum Gasteiger partial charge on any atom is -0.481 e. The molecule has 0 fully saturated rings. The lowest BCUT2D eigenvalue weighted by atomic mass is 9.74. The normalized spacial score (nSPS) is 16.5. The molecule has 4 N–H and O–H groups in total. The molecule has 3 aromatic heterocycles. The Labute approximate surface area is 226 Å². The molecule has 1 atom stereocenters. The molecule has 2 aliphatic heterocycles. The van der Waals surface area contributed by atoms with Gasteiger partial charge in [-0.1, -0.05) is 13.8 Å². The first-order valence-electron chi connectivity index (χ1n) is 13.3. The molecule has 39 heavy (non-hydrogen) atoms. The van der Waals surface area contributed by atoms with Crippen LogP contribution < -0.4 is 0 Å². The summed E-state index contributed by atoms with van der Waals surface area (Å²) in [5.41, 5.74) is 10.5. The molecule has 0 saturated heterocycles. The highest BCUT2D eigenvalue weighted by Gasteiger charge is 2.39. The van der Waals surface area contributed by atoms with Crippen LogP contribution in [0, 0.1) is 13.8 Å². The van der Waals surface area contributed by atoms with Gasteiger partial charge in [0.15, 0.2) is 0 Å². The van der Waals surface area contributed by atoms with E-state index in [1.807, 2.05) is 19.1 Å². The first-order valence-corrected chi connectivity index (χ1v) is 13.3. The van der Waals surface area contributed by atoms with Crippen LogP contribution in [0.4, 0.5) is 0 Å². The molecule has 0 saturated carbocycles. The minimum atomic E-state index is -0.866. The number of H-pyrrole nitrogens is 2. The van der Waals surface area contributed by atoms with Crippen molar-refractivity contribution >= 4 is 45.2 Å². The van der Waals surface area contributed by atoms with E-state index in [1.54, 1.807) is 0 Å². The molecule has 8 bridgehead atoms. The summed E-state index contributed by atoms with van der Waals surface area (Å²) in [4.78, 5) is 40.0. The summed E-state index contributed by atoms with van der Waals surface area (Å²) < 4.78 is 0. The second kappa shape index (κ2) is 9.84. The van der Waals surface area contributed by atoms with Gasteiger partial charge in [-0.3, -0.25) is 14.6 Å². The van der Waals surface area contributed by atoms with Gasteiger partial charge in [0, 0.05) is 57.6 Å². The number of fused-ring (bicyclic) bond motifs is 8. The van der Waals surface area contributed by atoms with Crippen LogP contribution in [-0.2, 0) is 15.0 Å². The van der Waals surface area contributed by atoms with Gasteiger partial charge in [-0.15, -0.1) is 0 Å². The molecule has 0 amide bonds. The zero-order valence-corrected chi connectivity index (χ0v) is 23.0. The number of hydrogen-bond acceptors (Lipinski definition) is 4. The Bertz CT molecular complexity index is 1690. The molecule has 3 aromatic rings. The fourth-order valence-corrected chi connectivity index (χ4v) is 5.71. The van der Waals surface area contributed by atoms with E-state index in [2.05, 4.69) is 61.9 Å². The molecule has 0 aromatic carbocycles. The van der Waals surface area contributed by atoms with E-state index < -0.39 is 17.4 Å². The third-order valence-corrected chi connectivity index (χ3v) is 8.07. The number of allylic oxidation sites excluding steroid dienone is 2. The van der Waals surface area contributed by atoms with Crippen molar-refractivity contribution in [3.05, 3.63) is 70.3 Å². The maximum atomic E-state index is 11.5. The standard InChI is InChI=1S/C31H34N4O4/c1-16-10-20-13-25-18(3)21(6-8-29(36)37)26(34-25)14-27-22(7-9-30(38)39)31(4,5)28(35-27)15-24-17(2)11-19(33-24)12-23(16)32-20/h10-15,22,32-33H,6-9H2,1-5H3,(H,36,37)(H,38,39)/t22-/m0/s1. The zero-order valence-electron chi connectivity index (χ0n) is 23.0. The van der Waals surface area contributed by atoms with Gasteiger partial charge in [-0.2, -0.15) is 0 Å². The SMILES string of the molecule is CC1=C(CCC(=O)O)c2cc3nc(cc4[nH]c(cc4C)cc4[nH]c(cc1n2)cc4C)C(C)(C)[C@H]3CCC(=O)O. The third kappa shape index (κ3) is 5.11. The number of carbonyl (C=O) groups is 2. The lowest BCUT2D eigenvalue weighted by Crippen LogP contribution is -2.23. The van der Waals surface area contributed by atoms with E-state index >= 15 is 0 Å². The quantitative estimate of drug-likeness (QED) is 0.284. The molecule has 8 nitrogen and oxygen atoms in total. The van der Waals surface area contributed by atoms with E-state index in [4.69, 9.17) is 9.97 Å². The second-order valence-electron chi connectivity index (χ2n) is 11.2. The molecule has 8 heteroatoms. The van der Waals surface area contributed by atoms with Gasteiger partial charge in [-0.05, 0) is 92.3 Å². The van der Waals surface area contributed by atoms with Crippen LogP contribution in [0.15, 0.2) is 36.4 Å². The van der Waals surface area contributed by atoms with E-state index in [1.165, 1.54) is 0 Å². The summed E-state index contributed by atoms with van der Waals surface area (Å²) in [5.74, 6) is -1.85. The van der Waals surface area contributed by atoms with Crippen molar-refractivity contribution < 1.29 is 19.8 Å². The highest BCUT2D eigenvalue weighted by Crippen LogP contribution is 2.45. The smallest absolute Gasteiger partial charge is 0.303 e. The predicted octanol–water partition coefficient (Wildman–Crippen LogP) is 6.65. The molecule has 0 unspecified atom stereocenters. The van der Waals surface area contributed by atoms with Gasteiger partial charge >= 0.3 is 11.9 Å². The highest BCUT2D eigenvalue weighted by molar-refractivity contribution is 5.92. The number of carboxylic acid groups (broad SMARTS) is 2. The predicted molar refractivity (Wildman–Crippen MR) is 152 cm³/mol. The van der Waals surface area contributed by atoms with Crippen molar-refractivity contribution in [2.45, 2.75) is 71.6 Å². The largest absolute Gasteiger partial charge is 0.481 e. The molecular formula is C31H34N4O4. The Hall–Kier alpha value is -4.20. The van der Waals surface area contributed by atoms with Gasteiger partial charge in [0.05, 0.1) is 11.4 Å². The summed E-state index contributed by atoms with van der Waals surface area (Å²) in [6.07, 6.45) is 0.805. The zero-order chi connectivity index (χ0) is 28.1. The van der Waals surface area contributed by atoms with E-state index in [0.717, 1.165) is 61.4 Å². The van der Waals surface area contributed by atoms with Crippen LogP contribution in [-0.4, -0.2) is 42.1 Å². The number of hydrogen-bond donors (Lipinski definition) is 4. The first kappa shape index (κ1) is 26.4. The number of aromatic nitrogens is 4. The number of aryl methyl sites for hydroxylation is 2. The molecule has 202 valence electrons. The fraction of sp³-hybridized carbons (Fsp3) is 0.355. The van der Waals surface area contributed by atoms with Crippen molar-refractivity contribution in [2.75, 3.05) is 0 Å². The maximum Gasteiger partial charge on any atom is 0.303 e. The van der Waals surface area contributed by atoms with Crippen LogP contribution in [0.5, 0.6) is 0 Å². The molecule has 5 rings (SSSR count). The van der Waals surface area contributed by atoms with Crippen molar-refractivity contribution in [1.82, 2.24) is 19.9 Å². The van der Waals surface area contributed by atoms with Crippen molar-refractivity contribution in [3.63, 3.8) is 0 Å². The monoisotopic (exact) mass is 526 g/mol. The van der Waals surface area contributed by atoms with Gasteiger partial charge in [0.25, 0.3) is 0 Å². The molecule has 0 aliphatic carbocycles. The van der Waals surface area contributed by atoms with Crippen LogP contribution >= 0.6 is 0 Å². The Morgan fingerprint density at radius 3 is 2.08 bits per heavy atom. The fourth-order valence-electron chi connectivity index (χ4n) is 5.71. The van der Waals surface area contributed by atoms with Crippen LogP contribution in [0.2, 0.25) is 0 Å². The number of aliphatic carboxylic acids is 2. The van der Waals surface area contributed by atoms with Gasteiger partial charge < -0.3 is 20.2 Å². The average Bonchev–Trinajstić information content (AvgIpc) is 3.51. The van der Waals surface area contributed by atoms with E-state index in [0.29, 0.717) is 18.5 Å². The lowest BCUT2D eigenvalue weighted by molar-refractivity contribution is -0.138. The van der Waals surface area contributed by atoms with Crippen LogP contribution in [0.1, 0.15) is 86.3 Å². The number of carboxylic acids is 2. The van der Waals surface area contributed by atoms with Gasteiger partial charge in [0.1, 0.15) is 0 Å². The number of nitrogens with one attached hydrogen (secondary N) is 2. The van der Waals surface area contributed by atoms with Crippen molar-refractivity contribution in [3.8, 4) is 0 Å². The third-order valence-electron chi connectivity index (χ3n) is 8.07. The number of rotatable bonds is 6. The van der Waals surface area contributed by atoms with Crippen molar-refractivity contribution in [1.29, 1.82) is 0 Å². The number of aromatic amines is 2. The van der Waals surface area contributed by atoms with Gasteiger partial charge in [0.2, 0.25) is 0 Å². The summed E-state index contributed by atoms with van der Waals surface area (Å²) >= 11 is 0. The first-order chi connectivity index (χ1) is 18.4. The summed E-state index contributed by atoms with van der Waals surface area (Å²) in [6, 6.07) is 12.3.